The van der Waals surface area contributed by atoms with E-state index >= 15 is 0 Å². The van der Waals surface area contributed by atoms with Crippen LogP contribution in [0, 0.1) is 0 Å². The molecular weight excluding hydrogens is 354 g/mol. The Morgan fingerprint density at radius 2 is 1.54 bits per heavy atom. The van der Waals surface area contributed by atoms with Crippen LogP contribution in [0.25, 0.3) is 0 Å². The molecule has 0 aliphatic carbocycles. The lowest BCUT2D eigenvalue weighted by Gasteiger charge is -2.24. The lowest BCUT2D eigenvalue weighted by atomic mass is 10.2. The van der Waals surface area contributed by atoms with Gasteiger partial charge >= 0.3 is 14.8 Å². The topological polar surface area (TPSA) is 83.1 Å². The molecule has 0 saturated heterocycles. The maximum atomic E-state index is 11.8. The Bertz CT molecular complexity index is 527. The number of para-hydroxylation sites is 1. The summed E-state index contributed by atoms with van der Waals surface area (Å²) < 4.78 is 21.2. The summed E-state index contributed by atoms with van der Waals surface area (Å²) >= 11 is 0. The molecule has 0 aliphatic rings. The largest absolute Gasteiger partial charge is 0.500 e. The molecule has 1 rings (SSSR count). The van der Waals surface area contributed by atoms with Gasteiger partial charge in [0, 0.05) is 46.8 Å². The van der Waals surface area contributed by atoms with Crippen molar-refractivity contribution in [3.8, 4) is 5.75 Å². The van der Waals surface area contributed by atoms with E-state index in [1.54, 1.807) is 33.5 Å². The predicted octanol–water partition coefficient (Wildman–Crippen LogP) is 2.54. The summed E-state index contributed by atoms with van der Waals surface area (Å²) in [5.41, 5.74) is 0. The molecule has 146 valence electrons. The van der Waals surface area contributed by atoms with Gasteiger partial charge in [-0.05, 0) is 31.4 Å². The number of carbonyl (C=O) groups excluding carboxylic acids is 2. The van der Waals surface area contributed by atoms with Crippen LogP contribution in [-0.4, -0.2) is 48.6 Å². The van der Waals surface area contributed by atoms with Crippen LogP contribution in [0.4, 0.5) is 0 Å². The third-order valence-corrected chi connectivity index (χ3v) is 6.76. The Balaban J connectivity index is 2.09. The van der Waals surface area contributed by atoms with E-state index in [1.165, 1.54) is 0 Å². The number of hydrogen-bond acceptors (Lipinski definition) is 6. The molecule has 0 saturated carbocycles. The number of carbonyl (C=O) groups is 2. The van der Waals surface area contributed by atoms with Crippen LogP contribution >= 0.6 is 0 Å². The van der Waals surface area contributed by atoms with Crippen molar-refractivity contribution in [3.05, 3.63) is 30.3 Å². The fourth-order valence-corrected chi connectivity index (χ4v) is 4.13. The number of esters is 1. The number of unbranched alkanes of at least 4 members (excludes halogenated alkanes) is 1. The highest BCUT2D eigenvalue weighted by molar-refractivity contribution is 6.60. The Kier molecular flexibility index (Phi) is 10.8. The molecular formula is C18H29NO6Si. The second kappa shape index (κ2) is 12.6. The zero-order valence-electron chi connectivity index (χ0n) is 15.8. The molecule has 0 atom stereocenters. The van der Waals surface area contributed by atoms with Gasteiger partial charge in [0.25, 0.3) is 0 Å². The molecule has 8 heteroatoms. The predicted molar refractivity (Wildman–Crippen MR) is 99.8 cm³/mol. The van der Waals surface area contributed by atoms with Crippen LogP contribution in [0.3, 0.4) is 0 Å². The summed E-state index contributed by atoms with van der Waals surface area (Å²) in [6.07, 6.45) is 2.66. The summed E-state index contributed by atoms with van der Waals surface area (Å²) in [7, 11) is 2.14. The lowest BCUT2D eigenvalue weighted by Crippen LogP contribution is -2.43. The quantitative estimate of drug-likeness (QED) is 0.244. The summed E-state index contributed by atoms with van der Waals surface area (Å²) in [6.45, 7) is 0.541. The standard InChI is InChI=1S/C18H29NO6Si/c1-22-26(23-2,24-3)15-9-14-19-17(20)12-7-8-13-18(21)25-16-10-5-4-6-11-16/h4-6,10-11H,7-9,12-15H2,1-3H3,(H,19,20). The number of amides is 1. The van der Waals surface area contributed by atoms with Gasteiger partial charge in [-0.3, -0.25) is 9.59 Å². The highest BCUT2D eigenvalue weighted by Crippen LogP contribution is 2.14. The van der Waals surface area contributed by atoms with Crippen molar-refractivity contribution in [2.45, 2.75) is 38.1 Å². The smallest absolute Gasteiger partial charge is 0.427 e. The highest BCUT2D eigenvalue weighted by Gasteiger charge is 2.36. The van der Waals surface area contributed by atoms with Gasteiger partial charge in [0.05, 0.1) is 0 Å². The average molecular weight is 384 g/mol. The van der Waals surface area contributed by atoms with Crippen LogP contribution in [0.15, 0.2) is 30.3 Å². The van der Waals surface area contributed by atoms with E-state index in [1.807, 2.05) is 18.2 Å². The zero-order chi connectivity index (χ0) is 19.3. The molecule has 7 nitrogen and oxygen atoms in total. The second-order valence-corrected chi connectivity index (χ2v) is 8.83. The molecule has 1 aromatic rings. The number of ether oxygens (including phenoxy) is 1. The van der Waals surface area contributed by atoms with Gasteiger partial charge in [0.1, 0.15) is 5.75 Å². The third-order valence-electron chi connectivity index (χ3n) is 3.92. The SMILES string of the molecule is CO[Si](CCCNC(=O)CCCCC(=O)Oc1ccccc1)(OC)OC. The monoisotopic (exact) mass is 383 g/mol. The Morgan fingerprint density at radius 1 is 0.923 bits per heavy atom. The number of nitrogens with one attached hydrogen (secondary N) is 1. The van der Waals surface area contributed by atoms with Crippen molar-refractivity contribution < 1.29 is 27.6 Å². The van der Waals surface area contributed by atoms with E-state index in [0.29, 0.717) is 44.0 Å². The van der Waals surface area contributed by atoms with Gasteiger partial charge in [-0.1, -0.05) is 18.2 Å². The first-order valence-corrected chi connectivity index (χ1v) is 10.7. The Labute approximate surface area is 156 Å². The van der Waals surface area contributed by atoms with Crippen molar-refractivity contribution in [1.29, 1.82) is 0 Å². The maximum Gasteiger partial charge on any atom is 0.500 e. The van der Waals surface area contributed by atoms with Crippen molar-refractivity contribution in [1.82, 2.24) is 5.32 Å². The summed E-state index contributed by atoms with van der Waals surface area (Å²) in [4.78, 5) is 23.5. The molecule has 1 aromatic carbocycles. The highest BCUT2D eigenvalue weighted by atomic mass is 28.4. The van der Waals surface area contributed by atoms with Crippen molar-refractivity contribution in [2.75, 3.05) is 27.9 Å². The molecule has 1 amide bonds. The minimum atomic E-state index is -2.57. The second-order valence-electron chi connectivity index (χ2n) is 5.74. The third kappa shape index (κ3) is 8.57. The van der Waals surface area contributed by atoms with Crippen LogP contribution in [0.1, 0.15) is 32.1 Å². The van der Waals surface area contributed by atoms with Gasteiger partial charge in [-0.2, -0.15) is 0 Å². The molecule has 0 unspecified atom stereocenters. The first kappa shape index (κ1) is 22.3. The van der Waals surface area contributed by atoms with E-state index < -0.39 is 8.80 Å². The van der Waals surface area contributed by atoms with Crippen LogP contribution in [0.5, 0.6) is 5.75 Å². The maximum absolute atomic E-state index is 11.8. The van der Waals surface area contributed by atoms with Gasteiger partial charge in [-0.25, -0.2) is 0 Å². The lowest BCUT2D eigenvalue weighted by molar-refractivity contribution is -0.134. The van der Waals surface area contributed by atoms with Crippen molar-refractivity contribution >= 4 is 20.7 Å². The molecule has 0 aromatic heterocycles. The minimum Gasteiger partial charge on any atom is -0.427 e. The van der Waals surface area contributed by atoms with E-state index in [4.69, 9.17) is 18.0 Å². The summed E-state index contributed by atoms with van der Waals surface area (Å²) in [5.74, 6) is 0.232. The molecule has 0 aliphatic heterocycles. The van der Waals surface area contributed by atoms with E-state index in [2.05, 4.69) is 5.32 Å². The van der Waals surface area contributed by atoms with Gasteiger partial charge in [-0.15, -0.1) is 0 Å². The van der Waals surface area contributed by atoms with Crippen molar-refractivity contribution in [3.63, 3.8) is 0 Å². The van der Waals surface area contributed by atoms with Crippen molar-refractivity contribution in [2.24, 2.45) is 0 Å². The number of hydrogen-bond donors (Lipinski definition) is 1. The summed E-state index contributed by atoms with van der Waals surface area (Å²) in [6, 6.07) is 9.59. The molecule has 0 radical (unpaired) electrons. The Morgan fingerprint density at radius 3 is 2.15 bits per heavy atom. The fraction of sp³-hybridized carbons (Fsp3) is 0.556. The Hall–Kier alpha value is -1.74. The minimum absolute atomic E-state index is 0.0269. The van der Waals surface area contributed by atoms with Crippen LogP contribution < -0.4 is 10.1 Å². The normalized spacial score (nSPS) is 11.2. The first-order chi connectivity index (χ1) is 12.5. The molecule has 0 spiro atoms. The molecule has 0 bridgehead atoms. The zero-order valence-corrected chi connectivity index (χ0v) is 16.8. The molecule has 0 heterocycles. The molecule has 1 N–H and O–H groups in total. The first-order valence-electron chi connectivity index (χ1n) is 8.73. The van der Waals surface area contributed by atoms with Gasteiger partial charge < -0.3 is 23.3 Å². The van der Waals surface area contributed by atoms with Crippen LogP contribution in [0.2, 0.25) is 6.04 Å². The molecule has 0 fully saturated rings. The van der Waals surface area contributed by atoms with E-state index in [0.717, 1.165) is 6.42 Å². The van der Waals surface area contributed by atoms with Gasteiger partial charge in [0.2, 0.25) is 5.91 Å². The molecule has 26 heavy (non-hydrogen) atoms. The fourth-order valence-electron chi connectivity index (χ4n) is 2.40. The number of rotatable bonds is 13. The summed E-state index contributed by atoms with van der Waals surface area (Å²) in [5, 5.41) is 2.86. The van der Waals surface area contributed by atoms with E-state index in [9.17, 15) is 9.59 Å². The van der Waals surface area contributed by atoms with Crippen LogP contribution in [-0.2, 0) is 22.9 Å². The average Bonchev–Trinajstić information content (AvgIpc) is 2.67. The number of benzene rings is 1. The van der Waals surface area contributed by atoms with Gasteiger partial charge in [0.15, 0.2) is 0 Å². The van der Waals surface area contributed by atoms with E-state index in [-0.39, 0.29) is 11.9 Å².